The van der Waals surface area contributed by atoms with Gasteiger partial charge in [0.25, 0.3) is 5.91 Å². The highest BCUT2D eigenvalue weighted by molar-refractivity contribution is 5.99. The van der Waals surface area contributed by atoms with Crippen LogP contribution in [-0.2, 0) is 71.5 Å². The number of esters is 6. The Balaban J connectivity index is 1.20. The number of Topliss-reactive ketones (excluding diaryl/α,β-unsaturated/α-hetero) is 1. The highest BCUT2D eigenvalue weighted by atomic mass is 19.2. The van der Waals surface area contributed by atoms with Gasteiger partial charge in [0.2, 0.25) is 17.8 Å². The monoisotopic (exact) mass is 1260 g/mol. The second-order valence-corrected chi connectivity index (χ2v) is 24.7. The molecule has 5 aliphatic carbocycles. The molecule has 484 valence electrons. The van der Waals surface area contributed by atoms with E-state index in [1.807, 2.05) is 5.32 Å². The first-order chi connectivity index (χ1) is 42.5. The lowest BCUT2D eigenvalue weighted by molar-refractivity contribution is -0.346. The van der Waals surface area contributed by atoms with Gasteiger partial charge in [-0.05, 0) is 74.8 Å². The summed E-state index contributed by atoms with van der Waals surface area (Å²) in [7, 11) is 0. The van der Waals surface area contributed by atoms with E-state index < -0.39 is 208 Å². The number of carbonyl (C=O) groups excluding carboxylic acids is 9. The van der Waals surface area contributed by atoms with Crippen LogP contribution in [0.25, 0.3) is 0 Å². The number of carboxylic acid groups (broad SMARTS) is 1. The Morgan fingerprint density at radius 2 is 1.29 bits per heavy atom. The number of fused-ring (bicyclic) bond motifs is 5. The van der Waals surface area contributed by atoms with E-state index in [0.717, 1.165) is 13.8 Å². The van der Waals surface area contributed by atoms with Gasteiger partial charge >= 0.3 is 41.8 Å². The number of nitrogens with one attached hydrogen (secondary N) is 2. The third kappa shape index (κ3) is 12.2. The molecule has 5 fully saturated rings. The van der Waals surface area contributed by atoms with E-state index in [1.165, 1.54) is 82.3 Å². The summed E-state index contributed by atoms with van der Waals surface area (Å²) in [6.45, 7) is 7.28. The Kier molecular flexibility index (Phi) is 19.1. The summed E-state index contributed by atoms with van der Waals surface area (Å²) in [5.74, 6) is -28.3. The molecular formula is C64H69F5N2O19. The van der Waals surface area contributed by atoms with Gasteiger partial charge in [-0.15, -0.1) is 0 Å². The standard InChI is InChI=1S/C64H69F5N2O19/c1-30-38(86-60(82)51(88-58(80)35-23-15-16-24-35)49(33-17-9-7-10-18-33)71-55(77)37(25-26-41(74)75)70-56(78)42-44(65)46(67)48(69)47(68)45(42)66)28-64(83)54(89-59(81)36-19-11-8-12-20-36)52-62(6,53(76)50(85-31(2)72)43(30)61(64,4)5)39(87-57(79)34-21-13-14-22-34)27-40-63(52,29-84-40)90-32(3)73/h7-12,17-20,34-35,37-40,49-52,54,83H,13-16,21-29H2,1-6H3,(H,70,78)(H,71,77)(H,74,75)/t37-,38+,39+,40-,49+,50-,51-,52+,54+,62-,63+,64-/m1/s1. The predicted octanol–water partition coefficient (Wildman–Crippen LogP) is 7.26. The fourth-order valence-electron chi connectivity index (χ4n) is 14.2. The lowest BCUT2D eigenvalue weighted by Crippen LogP contribution is -2.82. The number of halogens is 5. The van der Waals surface area contributed by atoms with Gasteiger partial charge in [-0.25, -0.2) is 31.5 Å². The molecule has 0 aromatic heterocycles. The van der Waals surface area contributed by atoms with Crippen LogP contribution in [-0.4, -0.2) is 130 Å². The van der Waals surface area contributed by atoms with Crippen molar-refractivity contribution in [2.45, 2.75) is 179 Å². The molecule has 1 saturated heterocycles. The van der Waals surface area contributed by atoms with E-state index >= 15 is 18.4 Å². The lowest BCUT2D eigenvalue weighted by atomic mass is 9.44. The number of carboxylic acids is 1. The fourth-order valence-corrected chi connectivity index (χ4v) is 14.2. The Hall–Kier alpha value is -8.13. The van der Waals surface area contributed by atoms with Gasteiger partial charge < -0.3 is 54.0 Å². The van der Waals surface area contributed by atoms with Crippen LogP contribution < -0.4 is 10.6 Å². The van der Waals surface area contributed by atoms with E-state index in [0.29, 0.717) is 38.5 Å². The minimum atomic E-state index is -2.69. The second kappa shape index (κ2) is 26.0. The number of amides is 2. The largest absolute Gasteiger partial charge is 0.481 e. The van der Waals surface area contributed by atoms with E-state index in [1.54, 1.807) is 6.07 Å². The molecule has 0 unspecified atom stereocenters. The average Bonchev–Trinajstić information content (AvgIpc) is 0.699. The van der Waals surface area contributed by atoms with Crippen molar-refractivity contribution in [1.82, 2.24) is 10.6 Å². The number of aliphatic carboxylic acids is 1. The quantitative estimate of drug-likeness (QED) is 0.0229. The van der Waals surface area contributed by atoms with Gasteiger partial charge in [0.1, 0.15) is 47.7 Å². The number of ether oxygens (including phenoxy) is 7. The number of hydrogen-bond acceptors (Lipinski definition) is 18. The molecule has 12 atom stereocenters. The molecule has 3 aromatic carbocycles. The van der Waals surface area contributed by atoms with E-state index in [4.69, 9.17) is 33.2 Å². The average molecular weight is 1270 g/mol. The number of benzene rings is 3. The molecule has 6 aliphatic rings. The molecule has 1 aliphatic heterocycles. The van der Waals surface area contributed by atoms with Gasteiger partial charge in [0, 0.05) is 38.5 Å². The van der Waals surface area contributed by atoms with Crippen LogP contribution in [0.2, 0.25) is 0 Å². The topological polar surface area (TPSA) is 300 Å². The molecule has 2 amide bonds. The van der Waals surface area contributed by atoms with Crippen LogP contribution >= 0.6 is 0 Å². The van der Waals surface area contributed by atoms with Crippen LogP contribution in [0.1, 0.15) is 151 Å². The van der Waals surface area contributed by atoms with Gasteiger partial charge in [0.05, 0.1) is 35.3 Å². The van der Waals surface area contributed by atoms with Crippen LogP contribution in [0.3, 0.4) is 0 Å². The smallest absolute Gasteiger partial charge is 0.350 e. The summed E-state index contributed by atoms with van der Waals surface area (Å²) < 4.78 is 117. The van der Waals surface area contributed by atoms with Crippen LogP contribution in [0.4, 0.5) is 22.0 Å². The van der Waals surface area contributed by atoms with Crippen molar-refractivity contribution >= 4 is 59.4 Å². The molecule has 4 N–H and O–H groups in total. The zero-order valence-electron chi connectivity index (χ0n) is 50.0. The summed E-state index contributed by atoms with van der Waals surface area (Å²) in [6.07, 6.45) is -10.0. The van der Waals surface area contributed by atoms with Crippen molar-refractivity contribution < 1.29 is 113 Å². The first-order valence-corrected chi connectivity index (χ1v) is 29.7. The van der Waals surface area contributed by atoms with Crippen LogP contribution in [0, 0.1) is 57.7 Å². The number of ketones is 1. The SMILES string of the molecule is CC(=O)O[C@H]1C(=O)[C@]2(C)[C@@H](OC(=O)C3CCCC3)C[C@H]3OC[C@@]3(OC(C)=O)[C@H]2[C@H](OC(=O)c2ccccc2)[C@]2(O)C[C@H](OC(=O)[C@H](OC(=O)C3CCCC3)[C@@H](NC(=O)[C@@H](CCC(=O)O)NC(=O)c3c(F)c(F)c(F)c(F)c3F)c3ccccc3)C(C)=C1C2(C)C. The maximum absolute atomic E-state index is 16.5. The first kappa shape index (κ1) is 66.3. The molecule has 0 radical (unpaired) electrons. The third-order valence-electron chi connectivity index (χ3n) is 19.0. The van der Waals surface area contributed by atoms with Crippen molar-refractivity contribution in [3.05, 3.63) is 118 Å². The lowest BCUT2D eigenvalue weighted by Gasteiger charge is -2.67. The van der Waals surface area contributed by atoms with Gasteiger partial charge in [-0.2, -0.15) is 0 Å². The zero-order valence-corrected chi connectivity index (χ0v) is 50.0. The Labute approximate surface area is 513 Å². The van der Waals surface area contributed by atoms with Crippen LogP contribution in [0.5, 0.6) is 0 Å². The molecule has 3 aromatic rings. The number of carbonyl (C=O) groups is 10. The summed E-state index contributed by atoms with van der Waals surface area (Å²) in [4.78, 5) is 143. The van der Waals surface area contributed by atoms with Crippen molar-refractivity contribution in [1.29, 1.82) is 0 Å². The minimum absolute atomic E-state index is 0.0556. The normalized spacial score (nSPS) is 28.0. The molecule has 21 nitrogen and oxygen atoms in total. The first-order valence-electron chi connectivity index (χ1n) is 29.7. The maximum Gasteiger partial charge on any atom is 0.350 e. The highest BCUT2D eigenvalue weighted by Crippen LogP contribution is 2.65. The Morgan fingerprint density at radius 3 is 1.83 bits per heavy atom. The Morgan fingerprint density at radius 1 is 0.722 bits per heavy atom. The summed E-state index contributed by atoms with van der Waals surface area (Å²) >= 11 is 0. The minimum Gasteiger partial charge on any atom is -0.481 e. The maximum atomic E-state index is 16.5. The second-order valence-electron chi connectivity index (χ2n) is 24.7. The number of hydrogen-bond donors (Lipinski definition) is 4. The molecule has 9 rings (SSSR count). The van der Waals surface area contributed by atoms with E-state index in [2.05, 4.69) is 5.32 Å². The van der Waals surface area contributed by atoms with E-state index in [-0.39, 0.29) is 41.5 Å². The van der Waals surface area contributed by atoms with Gasteiger partial charge in [-0.3, -0.25) is 38.4 Å². The molecule has 26 heteroatoms. The van der Waals surface area contributed by atoms with Crippen molar-refractivity contribution in [3.63, 3.8) is 0 Å². The molecule has 4 saturated carbocycles. The highest BCUT2D eigenvalue weighted by Gasteiger charge is 2.79. The third-order valence-corrected chi connectivity index (χ3v) is 19.0. The van der Waals surface area contributed by atoms with Crippen molar-refractivity contribution in [2.75, 3.05) is 6.61 Å². The predicted molar refractivity (Wildman–Crippen MR) is 298 cm³/mol. The fraction of sp³-hybridized carbons (Fsp3) is 0.531. The summed E-state index contributed by atoms with van der Waals surface area (Å²) in [5, 5.41) is 28.3. The molecular weight excluding hydrogens is 1200 g/mol. The molecule has 90 heavy (non-hydrogen) atoms. The van der Waals surface area contributed by atoms with E-state index in [9.17, 15) is 61.7 Å². The van der Waals surface area contributed by atoms with Gasteiger partial charge in [0.15, 0.2) is 40.8 Å². The Bertz CT molecular complexity index is 3380. The molecule has 0 spiro atoms. The van der Waals surface area contributed by atoms with Crippen molar-refractivity contribution in [2.24, 2.45) is 28.6 Å². The van der Waals surface area contributed by atoms with Crippen molar-refractivity contribution in [3.8, 4) is 0 Å². The molecule has 2 bridgehead atoms. The van der Waals surface area contributed by atoms with Gasteiger partial charge in [-0.1, -0.05) is 88.1 Å². The summed E-state index contributed by atoms with van der Waals surface area (Å²) in [6, 6.07) is 10.3. The number of rotatable bonds is 19. The zero-order chi connectivity index (χ0) is 65.5. The number of aliphatic hydroxyl groups is 1. The molecule has 1 heterocycles. The summed E-state index contributed by atoms with van der Waals surface area (Å²) in [5.41, 5.74) is -11.3. The van der Waals surface area contributed by atoms with Crippen LogP contribution in [0.15, 0.2) is 71.8 Å².